The highest BCUT2D eigenvalue weighted by atomic mass is 32.2. The van der Waals surface area contributed by atoms with E-state index in [9.17, 15) is 22.9 Å². The smallest absolute Gasteiger partial charge is 0.270 e. The summed E-state index contributed by atoms with van der Waals surface area (Å²) in [5, 5.41) is 11.2. The third-order valence-corrected chi connectivity index (χ3v) is 5.69. The van der Waals surface area contributed by atoms with Crippen LogP contribution in [0.3, 0.4) is 0 Å². The van der Waals surface area contributed by atoms with Gasteiger partial charge in [-0.3, -0.25) is 14.8 Å². The highest BCUT2D eigenvalue weighted by molar-refractivity contribution is 7.92. The molecule has 0 saturated carbocycles. The molecule has 10 heteroatoms. The van der Waals surface area contributed by atoms with Gasteiger partial charge < -0.3 is 5.43 Å². The Balaban J connectivity index is 1.87. The largest absolute Gasteiger partial charge is 0.320 e. The standard InChI is InChI=1S/C20H19FN4O4S/c1-14-4-2-3-5-18(14)24-30(28,29)20-12-17(25(26)27)10-11-19(20)23-22-13-15-6-8-16(21)9-7-15/h2-12,22-24H,13H2,1H3. The number of sulfonamides is 1. The normalized spacial score (nSPS) is 11.1. The fourth-order valence-electron chi connectivity index (χ4n) is 2.68. The monoisotopic (exact) mass is 430 g/mol. The number of para-hydroxylation sites is 1. The summed E-state index contributed by atoms with van der Waals surface area (Å²) in [6.07, 6.45) is 0. The number of aryl methyl sites for hydroxylation is 1. The summed E-state index contributed by atoms with van der Waals surface area (Å²) in [7, 11) is -4.13. The van der Waals surface area contributed by atoms with Crippen molar-refractivity contribution in [3.63, 3.8) is 0 Å². The number of hydrazine groups is 1. The van der Waals surface area contributed by atoms with Gasteiger partial charge in [-0.15, -0.1) is 0 Å². The van der Waals surface area contributed by atoms with E-state index in [0.717, 1.165) is 11.6 Å². The molecule has 0 bridgehead atoms. The molecule has 3 aromatic rings. The Bertz CT molecular complexity index is 1170. The van der Waals surface area contributed by atoms with Crippen molar-refractivity contribution in [2.75, 3.05) is 10.1 Å². The van der Waals surface area contributed by atoms with E-state index in [1.165, 1.54) is 24.3 Å². The highest BCUT2D eigenvalue weighted by Gasteiger charge is 2.23. The van der Waals surface area contributed by atoms with E-state index >= 15 is 0 Å². The second-order valence-electron chi connectivity index (χ2n) is 6.46. The number of nitro benzene ring substituents is 1. The average molecular weight is 430 g/mol. The molecule has 8 nitrogen and oxygen atoms in total. The van der Waals surface area contributed by atoms with Crippen LogP contribution in [0.25, 0.3) is 0 Å². The van der Waals surface area contributed by atoms with Crippen molar-refractivity contribution in [2.45, 2.75) is 18.4 Å². The molecule has 0 fully saturated rings. The fourth-order valence-corrected chi connectivity index (χ4v) is 3.99. The summed E-state index contributed by atoms with van der Waals surface area (Å²) in [5.74, 6) is -0.363. The molecule has 0 heterocycles. The molecule has 3 aromatic carbocycles. The van der Waals surface area contributed by atoms with Crippen molar-refractivity contribution in [3.8, 4) is 0 Å². The first-order valence-corrected chi connectivity index (χ1v) is 10.3. The second-order valence-corrected chi connectivity index (χ2v) is 8.11. The van der Waals surface area contributed by atoms with E-state index in [1.807, 2.05) is 0 Å². The van der Waals surface area contributed by atoms with Crippen molar-refractivity contribution in [3.05, 3.63) is 93.8 Å². The number of nitrogens with one attached hydrogen (secondary N) is 3. The third-order valence-electron chi connectivity index (χ3n) is 4.28. The quantitative estimate of drug-likeness (QED) is 0.368. The van der Waals surface area contributed by atoms with E-state index in [2.05, 4.69) is 15.6 Å². The van der Waals surface area contributed by atoms with Gasteiger partial charge in [-0.05, 0) is 42.3 Å². The molecular weight excluding hydrogens is 411 g/mol. The van der Waals surface area contributed by atoms with E-state index in [4.69, 9.17) is 0 Å². The lowest BCUT2D eigenvalue weighted by Gasteiger charge is -2.15. The molecule has 30 heavy (non-hydrogen) atoms. The number of hydrogen-bond acceptors (Lipinski definition) is 6. The van der Waals surface area contributed by atoms with Gasteiger partial charge in [0.25, 0.3) is 15.7 Å². The molecule has 0 aliphatic rings. The lowest BCUT2D eigenvalue weighted by atomic mass is 10.2. The number of halogens is 1. The van der Waals surface area contributed by atoms with Gasteiger partial charge in [0.15, 0.2) is 0 Å². The summed E-state index contributed by atoms with van der Waals surface area (Å²) in [6.45, 7) is 2.01. The second kappa shape index (κ2) is 8.89. The molecule has 0 aromatic heterocycles. The number of nitrogens with zero attached hydrogens (tertiary/aromatic N) is 1. The van der Waals surface area contributed by atoms with Crippen molar-refractivity contribution in [1.29, 1.82) is 0 Å². The molecule has 0 spiro atoms. The maximum Gasteiger partial charge on any atom is 0.270 e. The number of hydrogen-bond donors (Lipinski definition) is 3. The molecule has 0 saturated heterocycles. The van der Waals surface area contributed by atoms with Gasteiger partial charge >= 0.3 is 0 Å². The van der Waals surface area contributed by atoms with E-state index < -0.39 is 14.9 Å². The lowest BCUT2D eigenvalue weighted by molar-refractivity contribution is -0.385. The number of anilines is 2. The summed E-state index contributed by atoms with van der Waals surface area (Å²) >= 11 is 0. The zero-order valence-corrected chi connectivity index (χ0v) is 16.7. The molecule has 0 aliphatic carbocycles. The number of non-ortho nitro benzene ring substituents is 1. The summed E-state index contributed by atoms with van der Waals surface area (Å²) < 4.78 is 41.4. The Labute approximate surface area is 172 Å². The molecule has 156 valence electrons. The van der Waals surface area contributed by atoms with E-state index in [-0.39, 0.29) is 28.6 Å². The first-order chi connectivity index (χ1) is 14.3. The average Bonchev–Trinajstić information content (AvgIpc) is 2.71. The Morgan fingerprint density at radius 3 is 2.37 bits per heavy atom. The zero-order chi connectivity index (χ0) is 21.7. The number of benzene rings is 3. The molecule has 0 radical (unpaired) electrons. The predicted molar refractivity (Wildman–Crippen MR) is 112 cm³/mol. The molecule has 0 atom stereocenters. The number of rotatable bonds is 8. The van der Waals surface area contributed by atoms with Crippen LogP contribution < -0.4 is 15.6 Å². The fraction of sp³-hybridized carbons (Fsp3) is 0.100. The van der Waals surface area contributed by atoms with Gasteiger partial charge in [0.2, 0.25) is 0 Å². The highest BCUT2D eigenvalue weighted by Crippen LogP contribution is 2.28. The topological polar surface area (TPSA) is 113 Å². The molecular formula is C20H19FN4O4S. The van der Waals surface area contributed by atoms with Gasteiger partial charge in [-0.25, -0.2) is 18.2 Å². The van der Waals surface area contributed by atoms with Crippen LogP contribution in [0.4, 0.5) is 21.5 Å². The molecule has 0 aliphatic heterocycles. The van der Waals surface area contributed by atoms with Gasteiger partial charge in [-0.2, -0.15) is 0 Å². The lowest BCUT2D eigenvalue weighted by Crippen LogP contribution is -2.24. The van der Waals surface area contributed by atoms with Gasteiger partial charge in [0, 0.05) is 18.7 Å². The molecule has 0 amide bonds. The minimum absolute atomic E-state index is 0.129. The van der Waals surface area contributed by atoms with Crippen LogP contribution in [-0.2, 0) is 16.6 Å². The van der Waals surface area contributed by atoms with Crippen molar-refractivity contribution in [2.24, 2.45) is 0 Å². The van der Waals surface area contributed by atoms with Crippen LogP contribution in [0.15, 0.2) is 71.6 Å². The van der Waals surface area contributed by atoms with Crippen LogP contribution in [0, 0.1) is 22.9 Å². The minimum Gasteiger partial charge on any atom is -0.320 e. The first kappa shape index (κ1) is 21.2. The van der Waals surface area contributed by atoms with Crippen LogP contribution in [0.2, 0.25) is 0 Å². The Morgan fingerprint density at radius 2 is 1.70 bits per heavy atom. The van der Waals surface area contributed by atoms with E-state index in [1.54, 1.807) is 43.3 Å². The number of nitro groups is 1. The van der Waals surface area contributed by atoms with Crippen molar-refractivity contribution in [1.82, 2.24) is 5.43 Å². The minimum atomic E-state index is -4.13. The first-order valence-electron chi connectivity index (χ1n) is 8.86. The van der Waals surface area contributed by atoms with Crippen LogP contribution >= 0.6 is 0 Å². The summed E-state index contributed by atoms with van der Waals surface area (Å²) in [6, 6.07) is 16.1. The molecule has 3 rings (SSSR count). The van der Waals surface area contributed by atoms with Crippen LogP contribution in [0.5, 0.6) is 0 Å². The predicted octanol–water partition coefficient (Wildman–Crippen LogP) is 3.96. The van der Waals surface area contributed by atoms with Gasteiger partial charge in [0.1, 0.15) is 10.7 Å². The van der Waals surface area contributed by atoms with Gasteiger partial charge in [-0.1, -0.05) is 30.3 Å². The van der Waals surface area contributed by atoms with Crippen molar-refractivity contribution >= 4 is 27.1 Å². The Hall–Kier alpha value is -3.50. The Kier molecular flexibility index (Phi) is 6.28. The van der Waals surface area contributed by atoms with Gasteiger partial charge in [0.05, 0.1) is 16.3 Å². The zero-order valence-electron chi connectivity index (χ0n) is 15.9. The van der Waals surface area contributed by atoms with Crippen molar-refractivity contribution < 1.29 is 17.7 Å². The third kappa shape index (κ3) is 5.10. The maximum atomic E-state index is 13.0. The molecule has 3 N–H and O–H groups in total. The Morgan fingerprint density at radius 1 is 1.00 bits per heavy atom. The molecule has 0 unspecified atom stereocenters. The van der Waals surface area contributed by atoms with Crippen LogP contribution in [0.1, 0.15) is 11.1 Å². The van der Waals surface area contributed by atoms with E-state index in [0.29, 0.717) is 11.3 Å². The van der Waals surface area contributed by atoms with Crippen LogP contribution in [-0.4, -0.2) is 13.3 Å². The maximum absolute atomic E-state index is 13.0. The summed E-state index contributed by atoms with van der Waals surface area (Å²) in [4.78, 5) is 10.2. The SMILES string of the molecule is Cc1ccccc1NS(=O)(=O)c1cc([N+](=O)[O-])ccc1NNCc1ccc(F)cc1. The summed E-state index contributed by atoms with van der Waals surface area (Å²) in [5.41, 5.74) is 7.21.